The highest BCUT2D eigenvalue weighted by Gasteiger charge is 2.22. The Labute approximate surface area is 91.2 Å². The summed E-state index contributed by atoms with van der Waals surface area (Å²) in [5.41, 5.74) is 0. The molecule has 1 aliphatic heterocycles. The first kappa shape index (κ1) is 10.9. The first-order chi connectivity index (χ1) is 7.34. The molecule has 1 heterocycles. The third-order valence-corrected chi connectivity index (χ3v) is 3.02. The number of amides is 1. The van der Waals surface area contributed by atoms with Crippen LogP contribution in [0.1, 0.15) is 32.1 Å². The van der Waals surface area contributed by atoms with Crippen LogP contribution in [0.3, 0.4) is 0 Å². The van der Waals surface area contributed by atoms with Crippen LogP contribution in [-0.4, -0.2) is 37.6 Å². The van der Waals surface area contributed by atoms with Gasteiger partial charge in [-0.2, -0.15) is 0 Å². The topological polar surface area (TPSA) is 53.2 Å². The minimum Gasteiger partial charge on any atom is -0.353 e. The molecule has 1 aliphatic carbocycles. The average molecular weight is 211 g/mol. The molecule has 0 bridgehead atoms. The molecule has 15 heavy (non-hydrogen) atoms. The monoisotopic (exact) mass is 211 g/mol. The summed E-state index contributed by atoms with van der Waals surface area (Å²) in [5, 5.41) is 9.77. The Morgan fingerprint density at radius 3 is 2.80 bits per heavy atom. The van der Waals surface area contributed by atoms with E-state index < -0.39 is 0 Å². The number of rotatable bonds is 5. The van der Waals surface area contributed by atoms with Crippen molar-refractivity contribution in [3.63, 3.8) is 0 Å². The fourth-order valence-electron chi connectivity index (χ4n) is 1.94. The van der Waals surface area contributed by atoms with Gasteiger partial charge in [-0.25, -0.2) is 0 Å². The normalized spacial score (nSPS) is 26.3. The van der Waals surface area contributed by atoms with E-state index in [4.69, 9.17) is 0 Å². The Hall–Kier alpha value is -0.610. The van der Waals surface area contributed by atoms with E-state index in [0.29, 0.717) is 18.5 Å². The summed E-state index contributed by atoms with van der Waals surface area (Å²) in [6.07, 6.45) is 5.44. The van der Waals surface area contributed by atoms with Crippen LogP contribution < -0.4 is 16.0 Å². The van der Waals surface area contributed by atoms with E-state index in [2.05, 4.69) is 16.0 Å². The highest BCUT2D eigenvalue weighted by molar-refractivity contribution is 5.76. The molecule has 0 aromatic heterocycles. The molecule has 1 saturated heterocycles. The second-order valence-corrected chi connectivity index (χ2v) is 4.59. The molecule has 1 atom stereocenters. The van der Waals surface area contributed by atoms with Gasteiger partial charge < -0.3 is 16.0 Å². The van der Waals surface area contributed by atoms with Crippen LogP contribution >= 0.6 is 0 Å². The van der Waals surface area contributed by atoms with Crippen molar-refractivity contribution in [3.8, 4) is 0 Å². The highest BCUT2D eigenvalue weighted by Crippen LogP contribution is 2.18. The predicted octanol–water partition coefficient (Wildman–Crippen LogP) is -0.00330. The Balaban J connectivity index is 1.51. The van der Waals surface area contributed by atoms with Crippen LogP contribution in [0.25, 0.3) is 0 Å². The summed E-state index contributed by atoms with van der Waals surface area (Å²) in [5.74, 6) is 0.203. The lowest BCUT2D eigenvalue weighted by atomic mass is 10.1. The molecular weight excluding hydrogens is 190 g/mol. The zero-order valence-electron chi connectivity index (χ0n) is 9.22. The van der Waals surface area contributed by atoms with Gasteiger partial charge in [-0.15, -0.1) is 0 Å². The Bertz CT molecular complexity index is 210. The number of hydrogen-bond donors (Lipinski definition) is 3. The third kappa shape index (κ3) is 4.18. The van der Waals surface area contributed by atoms with Gasteiger partial charge in [0.1, 0.15) is 0 Å². The van der Waals surface area contributed by atoms with Gasteiger partial charge in [0.15, 0.2) is 0 Å². The fourth-order valence-corrected chi connectivity index (χ4v) is 1.94. The lowest BCUT2D eigenvalue weighted by Crippen LogP contribution is -2.44. The minimum atomic E-state index is 0.203. The summed E-state index contributed by atoms with van der Waals surface area (Å²) in [6.45, 7) is 3.00. The van der Waals surface area contributed by atoms with E-state index in [1.54, 1.807) is 0 Å². The molecule has 0 spiro atoms. The smallest absolute Gasteiger partial charge is 0.221 e. The summed E-state index contributed by atoms with van der Waals surface area (Å²) in [6, 6.07) is 1.06. The molecule has 3 N–H and O–H groups in total. The van der Waals surface area contributed by atoms with Crippen molar-refractivity contribution >= 4 is 5.91 Å². The van der Waals surface area contributed by atoms with Crippen LogP contribution in [0.2, 0.25) is 0 Å². The zero-order valence-corrected chi connectivity index (χ0v) is 9.22. The molecule has 1 unspecified atom stereocenters. The molecular formula is C11H21N3O. The molecule has 2 fully saturated rings. The maximum absolute atomic E-state index is 11.4. The second-order valence-electron chi connectivity index (χ2n) is 4.59. The molecule has 0 aromatic carbocycles. The molecule has 2 aliphatic rings. The van der Waals surface area contributed by atoms with Crippen molar-refractivity contribution < 1.29 is 4.79 Å². The van der Waals surface area contributed by atoms with Gasteiger partial charge in [0.05, 0.1) is 0 Å². The SMILES string of the molecule is O=C(CCNC1CCCNC1)NC1CC1. The number of hydrogen-bond acceptors (Lipinski definition) is 3. The maximum atomic E-state index is 11.4. The Morgan fingerprint density at radius 1 is 1.27 bits per heavy atom. The van der Waals surface area contributed by atoms with E-state index in [1.165, 1.54) is 25.7 Å². The van der Waals surface area contributed by atoms with Gasteiger partial charge in [-0.3, -0.25) is 4.79 Å². The summed E-state index contributed by atoms with van der Waals surface area (Å²) in [4.78, 5) is 11.4. The molecule has 4 heteroatoms. The highest BCUT2D eigenvalue weighted by atomic mass is 16.1. The van der Waals surface area contributed by atoms with Gasteiger partial charge in [-0.1, -0.05) is 0 Å². The molecule has 0 radical (unpaired) electrons. The van der Waals surface area contributed by atoms with E-state index in [1.807, 2.05) is 0 Å². The van der Waals surface area contributed by atoms with Gasteiger partial charge in [0.2, 0.25) is 5.91 Å². The van der Waals surface area contributed by atoms with Crippen LogP contribution in [0.5, 0.6) is 0 Å². The van der Waals surface area contributed by atoms with Crippen molar-refractivity contribution in [2.75, 3.05) is 19.6 Å². The quantitative estimate of drug-likeness (QED) is 0.600. The first-order valence-corrected chi connectivity index (χ1v) is 6.08. The van der Waals surface area contributed by atoms with E-state index in [-0.39, 0.29) is 5.91 Å². The van der Waals surface area contributed by atoms with Gasteiger partial charge in [0, 0.05) is 31.6 Å². The van der Waals surface area contributed by atoms with Gasteiger partial charge in [-0.05, 0) is 32.2 Å². The van der Waals surface area contributed by atoms with Crippen LogP contribution in [0.15, 0.2) is 0 Å². The third-order valence-electron chi connectivity index (χ3n) is 3.02. The standard InChI is InChI=1S/C11H21N3O/c15-11(14-9-3-4-9)5-7-13-10-2-1-6-12-8-10/h9-10,12-13H,1-8H2,(H,14,15). The van der Waals surface area contributed by atoms with Crippen LogP contribution in [0.4, 0.5) is 0 Å². The Morgan fingerprint density at radius 2 is 2.13 bits per heavy atom. The van der Waals surface area contributed by atoms with E-state index >= 15 is 0 Å². The Kier molecular flexibility index (Phi) is 3.97. The predicted molar refractivity (Wildman–Crippen MR) is 59.7 cm³/mol. The lowest BCUT2D eigenvalue weighted by Gasteiger charge is -2.23. The first-order valence-electron chi connectivity index (χ1n) is 6.08. The number of nitrogens with one attached hydrogen (secondary N) is 3. The average Bonchev–Trinajstić information content (AvgIpc) is 3.03. The van der Waals surface area contributed by atoms with E-state index in [0.717, 1.165) is 19.6 Å². The molecule has 4 nitrogen and oxygen atoms in total. The fraction of sp³-hybridized carbons (Fsp3) is 0.909. The van der Waals surface area contributed by atoms with Crippen molar-refractivity contribution in [1.82, 2.24) is 16.0 Å². The van der Waals surface area contributed by atoms with Crippen LogP contribution in [0, 0.1) is 0 Å². The number of piperidine rings is 1. The minimum absolute atomic E-state index is 0.203. The van der Waals surface area contributed by atoms with Gasteiger partial charge in [0.25, 0.3) is 0 Å². The molecule has 0 aromatic rings. The summed E-state index contributed by atoms with van der Waals surface area (Å²) >= 11 is 0. The molecule has 2 rings (SSSR count). The molecule has 1 saturated carbocycles. The maximum Gasteiger partial charge on any atom is 0.221 e. The zero-order chi connectivity index (χ0) is 10.5. The molecule has 1 amide bonds. The second kappa shape index (κ2) is 5.47. The summed E-state index contributed by atoms with van der Waals surface area (Å²) < 4.78 is 0. The van der Waals surface area contributed by atoms with Gasteiger partial charge >= 0.3 is 0 Å². The molecule has 86 valence electrons. The largest absolute Gasteiger partial charge is 0.353 e. The summed E-state index contributed by atoms with van der Waals surface area (Å²) in [7, 11) is 0. The van der Waals surface area contributed by atoms with Crippen LogP contribution in [-0.2, 0) is 4.79 Å². The lowest BCUT2D eigenvalue weighted by molar-refractivity contribution is -0.121. The van der Waals surface area contributed by atoms with Crippen molar-refractivity contribution in [2.45, 2.75) is 44.2 Å². The number of carbonyl (C=O) groups excluding carboxylic acids is 1. The van der Waals surface area contributed by atoms with Crippen molar-refractivity contribution in [3.05, 3.63) is 0 Å². The number of carbonyl (C=O) groups is 1. The van der Waals surface area contributed by atoms with Crippen molar-refractivity contribution in [1.29, 1.82) is 0 Å². The van der Waals surface area contributed by atoms with Crippen molar-refractivity contribution in [2.24, 2.45) is 0 Å². The van der Waals surface area contributed by atoms with E-state index in [9.17, 15) is 4.79 Å².